The van der Waals surface area contributed by atoms with E-state index in [2.05, 4.69) is 38.1 Å². The third kappa shape index (κ3) is 3.77. The Kier molecular flexibility index (Phi) is 4.75. The predicted molar refractivity (Wildman–Crippen MR) is 110 cm³/mol. The molecule has 0 amide bonds. The molecule has 4 rings (SSSR count). The Labute approximate surface area is 159 Å². The SMILES string of the molecule is CC(C)c1cccc(-c2nc(-c3ccccc3)nc(-c3ccccc3)n2)c1. The maximum Gasteiger partial charge on any atom is 0.164 e. The van der Waals surface area contributed by atoms with E-state index >= 15 is 0 Å². The molecule has 3 aromatic carbocycles. The largest absolute Gasteiger partial charge is 0.208 e. The van der Waals surface area contributed by atoms with Crippen LogP contribution in [0, 0.1) is 0 Å². The minimum absolute atomic E-state index is 0.453. The summed E-state index contributed by atoms with van der Waals surface area (Å²) in [6.45, 7) is 4.38. The lowest BCUT2D eigenvalue weighted by Gasteiger charge is -2.10. The third-order valence-electron chi connectivity index (χ3n) is 4.51. The fraction of sp³-hybridized carbons (Fsp3) is 0.125. The van der Waals surface area contributed by atoms with Crippen molar-refractivity contribution in [1.29, 1.82) is 0 Å². The predicted octanol–water partition coefficient (Wildman–Crippen LogP) is 6.00. The van der Waals surface area contributed by atoms with Gasteiger partial charge in [0.25, 0.3) is 0 Å². The van der Waals surface area contributed by atoms with Gasteiger partial charge in [-0.3, -0.25) is 0 Å². The maximum absolute atomic E-state index is 4.78. The number of aromatic nitrogens is 3. The van der Waals surface area contributed by atoms with E-state index in [1.807, 2.05) is 60.7 Å². The average molecular weight is 351 g/mol. The van der Waals surface area contributed by atoms with E-state index in [0.29, 0.717) is 23.4 Å². The van der Waals surface area contributed by atoms with Crippen molar-refractivity contribution in [3.8, 4) is 34.2 Å². The van der Waals surface area contributed by atoms with E-state index in [1.54, 1.807) is 0 Å². The highest BCUT2D eigenvalue weighted by Gasteiger charge is 2.12. The van der Waals surface area contributed by atoms with Gasteiger partial charge in [-0.2, -0.15) is 0 Å². The molecule has 0 aliphatic heterocycles. The van der Waals surface area contributed by atoms with Gasteiger partial charge in [-0.15, -0.1) is 0 Å². The summed E-state index contributed by atoms with van der Waals surface area (Å²) in [6, 6.07) is 28.5. The molecule has 1 aromatic heterocycles. The van der Waals surface area contributed by atoms with Crippen molar-refractivity contribution in [3.63, 3.8) is 0 Å². The summed E-state index contributed by atoms with van der Waals surface area (Å²) in [5.41, 5.74) is 4.25. The third-order valence-corrected chi connectivity index (χ3v) is 4.51. The van der Waals surface area contributed by atoms with Gasteiger partial charge in [0.05, 0.1) is 0 Å². The molecule has 0 atom stereocenters. The Morgan fingerprint density at radius 1 is 0.519 bits per heavy atom. The molecule has 0 radical (unpaired) electrons. The number of benzene rings is 3. The lowest BCUT2D eigenvalue weighted by atomic mass is 10.0. The zero-order chi connectivity index (χ0) is 18.6. The fourth-order valence-corrected chi connectivity index (χ4v) is 2.97. The molecule has 0 bridgehead atoms. The van der Waals surface area contributed by atoms with Crippen LogP contribution in [0.3, 0.4) is 0 Å². The van der Waals surface area contributed by atoms with Crippen molar-refractivity contribution >= 4 is 0 Å². The van der Waals surface area contributed by atoms with Gasteiger partial charge in [0.15, 0.2) is 17.5 Å². The molecule has 0 saturated heterocycles. The van der Waals surface area contributed by atoms with Crippen LogP contribution in [0.4, 0.5) is 0 Å². The van der Waals surface area contributed by atoms with Gasteiger partial charge < -0.3 is 0 Å². The molecule has 132 valence electrons. The Bertz CT molecular complexity index is 984. The molecule has 4 aromatic rings. The van der Waals surface area contributed by atoms with Crippen molar-refractivity contribution in [1.82, 2.24) is 15.0 Å². The second-order valence-electron chi connectivity index (χ2n) is 6.82. The Morgan fingerprint density at radius 3 is 1.44 bits per heavy atom. The molecule has 3 nitrogen and oxygen atoms in total. The van der Waals surface area contributed by atoms with Crippen molar-refractivity contribution in [2.45, 2.75) is 19.8 Å². The lowest BCUT2D eigenvalue weighted by Crippen LogP contribution is -2.00. The second kappa shape index (κ2) is 7.50. The number of hydrogen-bond donors (Lipinski definition) is 0. The van der Waals surface area contributed by atoms with E-state index in [0.717, 1.165) is 16.7 Å². The highest BCUT2D eigenvalue weighted by molar-refractivity contribution is 5.66. The minimum Gasteiger partial charge on any atom is -0.208 e. The van der Waals surface area contributed by atoms with Crippen molar-refractivity contribution in [2.24, 2.45) is 0 Å². The summed E-state index contributed by atoms with van der Waals surface area (Å²) in [4.78, 5) is 14.3. The molecule has 0 saturated carbocycles. The molecule has 27 heavy (non-hydrogen) atoms. The normalized spacial score (nSPS) is 10.9. The van der Waals surface area contributed by atoms with Crippen LogP contribution in [-0.2, 0) is 0 Å². The molecule has 0 spiro atoms. The van der Waals surface area contributed by atoms with Crippen LogP contribution in [0.15, 0.2) is 84.9 Å². The van der Waals surface area contributed by atoms with Crippen LogP contribution in [0.5, 0.6) is 0 Å². The van der Waals surface area contributed by atoms with Crippen LogP contribution in [0.25, 0.3) is 34.2 Å². The summed E-state index contributed by atoms with van der Waals surface area (Å²) in [5.74, 6) is 2.53. The van der Waals surface area contributed by atoms with Gasteiger partial charge in [0, 0.05) is 16.7 Å². The van der Waals surface area contributed by atoms with Gasteiger partial charge in [-0.05, 0) is 17.5 Å². The first-order valence-corrected chi connectivity index (χ1v) is 9.18. The Balaban J connectivity index is 1.90. The van der Waals surface area contributed by atoms with Crippen molar-refractivity contribution in [2.75, 3.05) is 0 Å². The van der Waals surface area contributed by atoms with Gasteiger partial charge in [0.2, 0.25) is 0 Å². The Morgan fingerprint density at radius 2 is 0.963 bits per heavy atom. The lowest BCUT2D eigenvalue weighted by molar-refractivity contribution is 0.866. The number of hydrogen-bond acceptors (Lipinski definition) is 3. The summed E-state index contributed by atoms with van der Waals surface area (Å²) in [6.07, 6.45) is 0. The van der Waals surface area contributed by atoms with E-state index in [9.17, 15) is 0 Å². The number of nitrogens with zero attached hydrogens (tertiary/aromatic N) is 3. The first-order chi connectivity index (χ1) is 13.2. The van der Waals surface area contributed by atoms with Gasteiger partial charge in [0.1, 0.15) is 0 Å². The van der Waals surface area contributed by atoms with Crippen LogP contribution in [-0.4, -0.2) is 15.0 Å². The smallest absolute Gasteiger partial charge is 0.164 e. The highest BCUT2D eigenvalue weighted by Crippen LogP contribution is 2.26. The molecule has 3 heteroatoms. The quantitative estimate of drug-likeness (QED) is 0.453. The average Bonchev–Trinajstić information content (AvgIpc) is 2.75. The van der Waals surface area contributed by atoms with E-state index in [1.165, 1.54) is 5.56 Å². The zero-order valence-corrected chi connectivity index (χ0v) is 15.5. The topological polar surface area (TPSA) is 38.7 Å². The molecular weight excluding hydrogens is 330 g/mol. The van der Waals surface area contributed by atoms with Crippen LogP contribution >= 0.6 is 0 Å². The van der Waals surface area contributed by atoms with Gasteiger partial charge in [-0.25, -0.2) is 15.0 Å². The van der Waals surface area contributed by atoms with Crippen LogP contribution in [0.2, 0.25) is 0 Å². The molecule has 0 aliphatic carbocycles. The van der Waals surface area contributed by atoms with Gasteiger partial charge in [-0.1, -0.05) is 92.7 Å². The molecule has 0 fully saturated rings. The maximum atomic E-state index is 4.78. The van der Waals surface area contributed by atoms with E-state index < -0.39 is 0 Å². The highest BCUT2D eigenvalue weighted by atomic mass is 15.0. The van der Waals surface area contributed by atoms with Crippen molar-refractivity contribution < 1.29 is 0 Å². The molecule has 0 unspecified atom stereocenters. The summed E-state index contributed by atoms with van der Waals surface area (Å²) >= 11 is 0. The Hall–Kier alpha value is -3.33. The molecule has 0 aliphatic rings. The molecular formula is C24H21N3. The number of rotatable bonds is 4. The zero-order valence-electron chi connectivity index (χ0n) is 15.5. The fourth-order valence-electron chi connectivity index (χ4n) is 2.97. The first kappa shape index (κ1) is 17.1. The summed E-state index contributed by atoms with van der Waals surface area (Å²) in [5, 5.41) is 0. The van der Waals surface area contributed by atoms with Crippen molar-refractivity contribution in [3.05, 3.63) is 90.5 Å². The first-order valence-electron chi connectivity index (χ1n) is 9.18. The molecule has 1 heterocycles. The minimum atomic E-state index is 0.453. The monoisotopic (exact) mass is 351 g/mol. The standard InChI is InChI=1S/C24H21N3/c1-17(2)20-14-9-15-21(16-20)24-26-22(18-10-5-3-6-11-18)25-23(27-24)19-12-7-4-8-13-19/h3-17H,1-2H3. The van der Waals surface area contributed by atoms with E-state index in [4.69, 9.17) is 15.0 Å². The second-order valence-corrected chi connectivity index (χ2v) is 6.82. The molecule has 0 N–H and O–H groups in total. The van der Waals surface area contributed by atoms with Crippen LogP contribution in [0.1, 0.15) is 25.3 Å². The van der Waals surface area contributed by atoms with E-state index in [-0.39, 0.29) is 0 Å². The van der Waals surface area contributed by atoms with Crippen LogP contribution < -0.4 is 0 Å². The van der Waals surface area contributed by atoms with Gasteiger partial charge >= 0.3 is 0 Å². The summed E-state index contributed by atoms with van der Waals surface area (Å²) in [7, 11) is 0. The summed E-state index contributed by atoms with van der Waals surface area (Å²) < 4.78 is 0.